The molecule has 0 saturated carbocycles. The average molecular weight is 337 g/mol. The molecule has 9 heteroatoms. The molecular weight excluding hydrogens is 321 g/mol. The van der Waals surface area contributed by atoms with E-state index in [1.165, 1.54) is 42.8 Å². The summed E-state index contributed by atoms with van der Waals surface area (Å²) in [5.41, 5.74) is 0.421. The van der Waals surface area contributed by atoms with Crippen LogP contribution in [-0.2, 0) is 16.1 Å². The van der Waals surface area contributed by atoms with E-state index in [-0.39, 0.29) is 42.7 Å². The van der Waals surface area contributed by atoms with Gasteiger partial charge in [0, 0.05) is 0 Å². The minimum Gasteiger partial charge on any atom is -0.490 e. The van der Waals surface area contributed by atoms with Gasteiger partial charge in [-0.3, -0.25) is 19.6 Å². The Balaban J connectivity index is 1.80. The summed E-state index contributed by atoms with van der Waals surface area (Å²) in [5, 5.41) is 14.9. The lowest BCUT2D eigenvalue weighted by atomic mass is 10.3. The number of hydrogen-bond acceptors (Lipinski definition) is 6. The Bertz CT molecular complexity index is 742. The second-order valence-corrected chi connectivity index (χ2v) is 4.96. The SMILES string of the molecule is Cc1nn(CC(=O)OCCOc2ccc(F)cc2)c(C)c1[N+](=O)[O-]. The number of rotatable bonds is 7. The molecule has 0 unspecified atom stereocenters. The number of carbonyl (C=O) groups is 1. The van der Waals surface area contributed by atoms with E-state index in [4.69, 9.17) is 9.47 Å². The fourth-order valence-corrected chi connectivity index (χ4v) is 2.12. The van der Waals surface area contributed by atoms with E-state index in [2.05, 4.69) is 5.10 Å². The maximum Gasteiger partial charge on any atom is 0.327 e. The molecule has 0 aliphatic heterocycles. The molecule has 1 aromatic heterocycles. The lowest BCUT2D eigenvalue weighted by Crippen LogP contribution is -2.18. The van der Waals surface area contributed by atoms with Gasteiger partial charge in [-0.2, -0.15) is 5.10 Å². The third-order valence-corrected chi connectivity index (χ3v) is 3.23. The number of esters is 1. The molecule has 24 heavy (non-hydrogen) atoms. The molecule has 0 radical (unpaired) electrons. The van der Waals surface area contributed by atoms with Crippen molar-refractivity contribution in [1.82, 2.24) is 9.78 Å². The van der Waals surface area contributed by atoms with Gasteiger partial charge < -0.3 is 9.47 Å². The van der Waals surface area contributed by atoms with Crippen molar-refractivity contribution in [1.29, 1.82) is 0 Å². The number of aromatic nitrogens is 2. The van der Waals surface area contributed by atoms with Crippen molar-refractivity contribution in [2.75, 3.05) is 13.2 Å². The minimum atomic E-state index is -0.585. The van der Waals surface area contributed by atoms with E-state index in [1.54, 1.807) is 0 Å². The summed E-state index contributed by atoms with van der Waals surface area (Å²) in [6.07, 6.45) is 0. The highest BCUT2D eigenvalue weighted by Crippen LogP contribution is 2.21. The first kappa shape index (κ1) is 17.4. The van der Waals surface area contributed by atoms with Crippen LogP contribution in [0.4, 0.5) is 10.1 Å². The van der Waals surface area contributed by atoms with E-state index >= 15 is 0 Å². The summed E-state index contributed by atoms with van der Waals surface area (Å²) in [5.74, 6) is -0.493. The van der Waals surface area contributed by atoms with Crippen molar-refractivity contribution in [3.05, 3.63) is 51.6 Å². The number of benzene rings is 1. The quantitative estimate of drug-likeness (QED) is 0.332. The summed E-state index contributed by atoms with van der Waals surface area (Å²) in [6.45, 7) is 2.90. The molecule has 8 nitrogen and oxygen atoms in total. The number of carbonyl (C=O) groups excluding carboxylic acids is 1. The largest absolute Gasteiger partial charge is 0.490 e. The molecule has 0 saturated heterocycles. The van der Waals surface area contributed by atoms with Crippen LogP contribution in [0, 0.1) is 29.8 Å². The van der Waals surface area contributed by atoms with Crippen molar-refractivity contribution in [3.8, 4) is 5.75 Å². The normalized spacial score (nSPS) is 10.5. The molecule has 0 N–H and O–H groups in total. The van der Waals surface area contributed by atoms with Crippen molar-refractivity contribution in [2.24, 2.45) is 0 Å². The van der Waals surface area contributed by atoms with E-state index in [1.807, 2.05) is 0 Å². The number of nitro groups is 1. The van der Waals surface area contributed by atoms with E-state index in [0.29, 0.717) is 5.75 Å². The summed E-state index contributed by atoms with van der Waals surface area (Å²) < 4.78 is 24.2. The molecule has 0 spiro atoms. The Hall–Kier alpha value is -2.97. The van der Waals surface area contributed by atoms with Crippen LogP contribution >= 0.6 is 0 Å². The van der Waals surface area contributed by atoms with Crippen LogP contribution in [0.15, 0.2) is 24.3 Å². The van der Waals surface area contributed by atoms with Crippen molar-refractivity contribution >= 4 is 11.7 Å². The van der Waals surface area contributed by atoms with Gasteiger partial charge in [0.15, 0.2) is 0 Å². The molecule has 0 amide bonds. The first-order chi connectivity index (χ1) is 11.4. The van der Waals surface area contributed by atoms with Crippen LogP contribution in [-0.4, -0.2) is 33.9 Å². The van der Waals surface area contributed by atoms with Crippen LogP contribution in [0.1, 0.15) is 11.4 Å². The Morgan fingerprint density at radius 1 is 1.29 bits per heavy atom. The second-order valence-electron chi connectivity index (χ2n) is 4.96. The predicted octanol–water partition coefficient (Wildman–Crippen LogP) is 2.17. The third-order valence-electron chi connectivity index (χ3n) is 3.23. The molecule has 2 aromatic rings. The molecule has 0 bridgehead atoms. The van der Waals surface area contributed by atoms with Gasteiger partial charge in [0.25, 0.3) is 0 Å². The molecule has 1 aromatic carbocycles. The number of nitrogens with zero attached hydrogens (tertiary/aromatic N) is 3. The van der Waals surface area contributed by atoms with Crippen LogP contribution in [0.5, 0.6) is 5.75 Å². The number of aryl methyl sites for hydroxylation is 1. The van der Waals surface area contributed by atoms with Crippen molar-refractivity contribution in [2.45, 2.75) is 20.4 Å². The van der Waals surface area contributed by atoms with Crippen LogP contribution in [0.2, 0.25) is 0 Å². The Morgan fingerprint density at radius 2 is 1.96 bits per heavy atom. The zero-order chi connectivity index (χ0) is 17.7. The molecule has 128 valence electrons. The predicted molar refractivity (Wildman–Crippen MR) is 81.2 cm³/mol. The lowest BCUT2D eigenvalue weighted by Gasteiger charge is -2.08. The maximum absolute atomic E-state index is 12.7. The number of hydrogen-bond donors (Lipinski definition) is 0. The zero-order valence-electron chi connectivity index (χ0n) is 13.2. The second kappa shape index (κ2) is 7.53. The first-order valence-electron chi connectivity index (χ1n) is 7.11. The first-order valence-corrected chi connectivity index (χ1v) is 7.11. The number of ether oxygens (including phenoxy) is 2. The number of halogens is 1. The molecule has 0 atom stereocenters. The highest BCUT2D eigenvalue weighted by molar-refractivity contribution is 5.69. The average Bonchev–Trinajstić information content (AvgIpc) is 2.79. The van der Waals surface area contributed by atoms with Crippen LogP contribution < -0.4 is 4.74 Å². The van der Waals surface area contributed by atoms with Gasteiger partial charge in [-0.1, -0.05) is 0 Å². The molecule has 1 heterocycles. The Kier molecular flexibility index (Phi) is 5.46. The standard InChI is InChI=1S/C15H16FN3O5/c1-10-15(19(21)22)11(2)18(17-10)9-14(20)24-8-7-23-13-5-3-12(16)4-6-13/h3-6H,7-9H2,1-2H3. The third kappa shape index (κ3) is 4.28. The van der Waals surface area contributed by atoms with Gasteiger partial charge in [0.05, 0.1) is 4.92 Å². The molecular formula is C15H16FN3O5. The van der Waals surface area contributed by atoms with Crippen molar-refractivity contribution in [3.63, 3.8) is 0 Å². The van der Waals surface area contributed by atoms with Gasteiger partial charge in [-0.15, -0.1) is 0 Å². The van der Waals surface area contributed by atoms with Gasteiger partial charge >= 0.3 is 11.7 Å². The summed E-state index contributed by atoms with van der Waals surface area (Å²) >= 11 is 0. The van der Waals surface area contributed by atoms with Gasteiger partial charge in [0.2, 0.25) is 0 Å². The van der Waals surface area contributed by atoms with Crippen LogP contribution in [0.3, 0.4) is 0 Å². The zero-order valence-corrected chi connectivity index (χ0v) is 13.2. The molecule has 2 rings (SSSR count). The monoisotopic (exact) mass is 337 g/mol. The van der Waals surface area contributed by atoms with Gasteiger partial charge in [-0.05, 0) is 38.1 Å². The molecule has 0 fully saturated rings. The van der Waals surface area contributed by atoms with E-state index in [9.17, 15) is 19.3 Å². The lowest BCUT2D eigenvalue weighted by molar-refractivity contribution is -0.386. The fourth-order valence-electron chi connectivity index (χ4n) is 2.12. The van der Waals surface area contributed by atoms with Gasteiger partial charge in [-0.25, -0.2) is 4.39 Å². The minimum absolute atomic E-state index is 0.00238. The fraction of sp³-hybridized carbons (Fsp3) is 0.333. The smallest absolute Gasteiger partial charge is 0.327 e. The topological polar surface area (TPSA) is 96.5 Å². The molecule has 0 aliphatic rings. The summed E-state index contributed by atoms with van der Waals surface area (Å²) in [4.78, 5) is 22.1. The Morgan fingerprint density at radius 3 is 2.54 bits per heavy atom. The van der Waals surface area contributed by atoms with E-state index in [0.717, 1.165) is 0 Å². The summed E-state index contributed by atoms with van der Waals surface area (Å²) in [7, 11) is 0. The highest BCUT2D eigenvalue weighted by Gasteiger charge is 2.22. The van der Waals surface area contributed by atoms with Crippen LogP contribution in [0.25, 0.3) is 0 Å². The maximum atomic E-state index is 12.7. The Labute approximate surface area is 136 Å². The van der Waals surface area contributed by atoms with Crippen molar-refractivity contribution < 1.29 is 23.6 Å². The van der Waals surface area contributed by atoms with E-state index < -0.39 is 10.9 Å². The highest BCUT2D eigenvalue weighted by atomic mass is 19.1. The van der Waals surface area contributed by atoms with Gasteiger partial charge in [0.1, 0.15) is 42.7 Å². The molecule has 0 aliphatic carbocycles. The summed E-state index contributed by atoms with van der Waals surface area (Å²) in [6, 6.07) is 5.45.